The number of benzene rings is 4. The van der Waals surface area contributed by atoms with E-state index in [1.54, 1.807) is 0 Å². The number of carbonyl (C=O) groups is 1. The quantitative estimate of drug-likeness (QED) is 0.364. The number of para-hydroxylation sites is 1. The first-order chi connectivity index (χ1) is 17.0. The molecule has 176 valence electrons. The monoisotopic (exact) mass is 461 g/mol. The van der Waals surface area contributed by atoms with Crippen molar-refractivity contribution >= 4 is 23.0 Å². The molecule has 0 bridgehead atoms. The zero-order valence-electron chi connectivity index (χ0n) is 20.6. The number of carbonyl (C=O) groups excluding carboxylic acids is 1. The Labute approximate surface area is 207 Å². The molecule has 4 aromatic carbocycles. The molecular formula is C31H31N3O. The summed E-state index contributed by atoms with van der Waals surface area (Å²) in [5.74, 6) is 0.0497. The summed E-state index contributed by atoms with van der Waals surface area (Å²) in [6.45, 7) is 6.12. The van der Waals surface area contributed by atoms with E-state index >= 15 is 0 Å². The van der Waals surface area contributed by atoms with Gasteiger partial charge in [-0.25, -0.2) is 0 Å². The van der Waals surface area contributed by atoms with Crippen LogP contribution in [-0.2, 0) is 6.54 Å². The predicted octanol–water partition coefficient (Wildman–Crippen LogP) is 6.81. The topological polar surface area (TPSA) is 35.6 Å². The summed E-state index contributed by atoms with van der Waals surface area (Å²) in [4.78, 5) is 17.9. The largest absolute Gasteiger partial charge is 0.382 e. The van der Waals surface area contributed by atoms with Crippen molar-refractivity contribution in [3.05, 3.63) is 113 Å². The number of rotatable bonds is 3. The summed E-state index contributed by atoms with van der Waals surface area (Å²) in [7, 11) is 2.04. The molecule has 35 heavy (non-hydrogen) atoms. The van der Waals surface area contributed by atoms with Crippen LogP contribution in [0, 0.1) is 13.8 Å². The van der Waals surface area contributed by atoms with Gasteiger partial charge in [-0.3, -0.25) is 4.79 Å². The van der Waals surface area contributed by atoms with E-state index in [2.05, 4.69) is 84.7 Å². The minimum absolute atomic E-state index is 0.0497. The molecule has 1 amide bonds. The normalized spacial score (nSPS) is 13.6. The lowest BCUT2D eigenvalue weighted by Gasteiger charge is -2.31. The van der Waals surface area contributed by atoms with Crippen LogP contribution in [0.3, 0.4) is 0 Å². The Morgan fingerprint density at radius 3 is 2.20 bits per heavy atom. The van der Waals surface area contributed by atoms with E-state index in [0.29, 0.717) is 19.6 Å². The molecule has 1 aliphatic rings. The molecule has 0 aromatic heterocycles. The highest BCUT2D eigenvalue weighted by atomic mass is 16.2. The first kappa shape index (κ1) is 22.7. The van der Waals surface area contributed by atoms with Gasteiger partial charge in [0.15, 0.2) is 0 Å². The van der Waals surface area contributed by atoms with Crippen LogP contribution >= 0.6 is 0 Å². The van der Waals surface area contributed by atoms with Crippen molar-refractivity contribution in [3.63, 3.8) is 0 Å². The van der Waals surface area contributed by atoms with Gasteiger partial charge < -0.3 is 15.1 Å². The number of hydrogen-bond donors (Lipinski definition) is 1. The second-order valence-electron chi connectivity index (χ2n) is 9.25. The highest BCUT2D eigenvalue weighted by molar-refractivity contribution is 6.01. The fourth-order valence-electron chi connectivity index (χ4n) is 4.70. The first-order valence-electron chi connectivity index (χ1n) is 12.1. The lowest BCUT2D eigenvalue weighted by Crippen LogP contribution is -2.36. The molecule has 1 N–H and O–H groups in total. The van der Waals surface area contributed by atoms with E-state index < -0.39 is 0 Å². The predicted molar refractivity (Wildman–Crippen MR) is 146 cm³/mol. The van der Waals surface area contributed by atoms with Gasteiger partial charge in [-0.05, 0) is 65.9 Å². The van der Waals surface area contributed by atoms with E-state index in [-0.39, 0.29) is 5.91 Å². The molecule has 1 heterocycles. The molecule has 5 rings (SSSR count). The van der Waals surface area contributed by atoms with Crippen molar-refractivity contribution in [2.24, 2.45) is 0 Å². The van der Waals surface area contributed by atoms with Gasteiger partial charge in [0.2, 0.25) is 0 Å². The average molecular weight is 462 g/mol. The van der Waals surface area contributed by atoms with Gasteiger partial charge in [-0.1, -0.05) is 66.7 Å². The van der Waals surface area contributed by atoms with E-state index in [9.17, 15) is 4.79 Å². The Balaban J connectivity index is 1.47. The molecule has 4 nitrogen and oxygen atoms in total. The fraction of sp³-hybridized carbons (Fsp3) is 0.194. The maximum absolute atomic E-state index is 13.8. The molecule has 0 unspecified atom stereocenters. The lowest BCUT2D eigenvalue weighted by atomic mass is 10.0. The minimum Gasteiger partial charge on any atom is -0.382 e. The third kappa shape index (κ3) is 4.65. The van der Waals surface area contributed by atoms with Crippen LogP contribution in [0.1, 0.15) is 27.0 Å². The van der Waals surface area contributed by atoms with Crippen LogP contribution in [0.25, 0.3) is 11.1 Å². The number of fused-ring (bicyclic) bond motifs is 2. The van der Waals surface area contributed by atoms with Crippen molar-refractivity contribution < 1.29 is 4.79 Å². The van der Waals surface area contributed by atoms with Gasteiger partial charge in [0.25, 0.3) is 5.91 Å². The van der Waals surface area contributed by atoms with Crippen molar-refractivity contribution in [3.8, 4) is 11.1 Å². The van der Waals surface area contributed by atoms with E-state index in [1.165, 1.54) is 22.3 Å². The first-order valence-corrected chi connectivity index (χ1v) is 12.1. The minimum atomic E-state index is 0.0497. The van der Waals surface area contributed by atoms with Crippen molar-refractivity contribution in [2.75, 3.05) is 30.4 Å². The summed E-state index contributed by atoms with van der Waals surface area (Å²) >= 11 is 0. The number of nitrogens with zero attached hydrogens (tertiary/aromatic N) is 2. The van der Waals surface area contributed by atoms with Gasteiger partial charge in [0.05, 0.1) is 22.6 Å². The maximum atomic E-state index is 13.8. The molecule has 0 saturated carbocycles. The SMILES string of the molecule is Cc1cc2c(cc1C)N(C)c1ccccc1C(=O)N(Cc1ccc(-c3ccccc3)cc1)CCN2. The molecule has 0 atom stereocenters. The number of hydrogen-bond acceptors (Lipinski definition) is 3. The van der Waals surface area contributed by atoms with Gasteiger partial charge in [-0.2, -0.15) is 0 Å². The summed E-state index contributed by atoms with van der Waals surface area (Å²) in [6, 6.07) is 31.2. The Morgan fingerprint density at radius 2 is 1.43 bits per heavy atom. The maximum Gasteiger partial charge on any atom is 0.256 e. The molecule has 0 fully saturated rings. The summed E-state index contributed by atoms with van der Waals surface area (Å²) in [5, 5.41) is 3.59. The van der Waals surface area contributed by atoms with Gasteiger partial charge in [0, 0.05) is 26.7 Å². The molecule has 4 heteroatoms. The van der Waals surface area contributed by atoms with E-state index in [0.717, 1.165) is 28.2 Å². The zero-order chi connectivity index (χ0) is 24.4. The summed E-state index contributed by atoms with van der Waals surface area (Å²) in [5.41, 5.74) is 9.78. The van der Waals surface area contributed by atoms with Crippen molar-refractivity contribution in [1.29, 1.82) is 0 Å². The molecule has 4 aromatic rings. The standard InChI is InChI=1S/C31H31N3O/c1-22-19-28-30(20-23(22)2)33(3)29-12-8-7-11-27(29)31(35)34(18-17-32-28)21-24-13-15-26(16-14-24)25-9-5-4-6-10-25/h4-16,19-20,32H,17-18,21H2,1-3H3. The summed E-state index contributed by atoms with van der Waals surface area (Å²) in [6.07, 6.45) is 0. The Kier molecular flexibility index (Phi) is 6.28. The Morgan fingerprint density at radius 1 is 0.771 bits per heavy atom. The molecule has 0 radical (unpaired) electrons. The highest BCUT2D eigenvalue weighted by Crippen LogP contribution is 2.36. The van der Waals surface area contributed by atoms with E-state index in [4.69, 9.17) is 0 Å². The van der Waals surface area contributed by atoms with Crippen LogP contribution in [-0.4, -0.2) is 30.9 Å². The number of aryl methyl sites for hydroxylation is 2. The van der Waals surface area contributed by atoms with Crippen LogP contribution in [0.5, 0.6) is 0 Å². The molecule has 0 aliphatic carbocycles. The lowest BCUT2D eigenvalue weighted by molar-refractivity contribution is 0.0750. The van der Waals surface area contributed by atoms with Crippen LogP contribution in [0.2, 0.25) is 0 Å². The number of anilines is 3. The Bertz CT molecular complexity index is 1350. The fourth-order valence-corrected chi connectivity index (χ4v) is 4.70. The molecular weight excluding hydrogens is 430 g/mol. The second-order valence-corrected chi connectivity index (χ2v) is 9.25. The third-order valence-corrected chi connectivity index (χ3v) is 6.89. The van der Waals surface area contributed by atoms with Crippen molar-refractivity contribution in [2.45, 2.75) is 20.4 Å². The average Bonchev–Trinajstić information content (AvgIpc) is 2.89. The molecule has 0 saturated heterocycles. The second kappa shape index (κ2) is 9.67. The smallest absolute Gasteiger partial charge is 0.256 e. The molecule has 0 spiro atoms. The van der Waals surface area contributed by atoms with Crippen molar-refractivity contribution in [1.82, 2.24) is 4.90 Å². The van der Waals surface area contributed by atoms with Gasteiger partial charge >= 0.3 is 0 Å². The van der Waals surface area contributed by atoms with Crippen LogP contribution in [0.4, 0.5) is 17.1 Å². The van der Waals surface area contributed by atoms with Crippen LogP contribution in [0.15, 0.2) is 91.0 Å². The number of nitrogens with one attached hydrogen (secondary N) is 1. The zero-order valence-corrected chi connectivity index (χ0v) is 20.6. The highest BCUT2D eigenvalue weighted by Gasteiger charge is 2.24. The number of amides is 1. The van der Waals surface area contributed by atoms with Gasteiger partial charge in [-0.15, -0.1) is 0 Å². The Hall–Kier alpha value is -4.05. The van der Waals surface area contributed by atoms with Gasteiger partial charge in [0.1, 0.15) is 0 Å². The third-order valence-electron chi connectivity index (χ3n) is 6.89. The summed E-state index contributed by atoms with van der Waals surface area (Å²) < 4.78 is 0. The van der Waals surface area contributed by atoms with E-state index in [1.807, 2.05) is 42.3 Å². The van der Waals surface area contributed by atoms with Crippen LogP contribution < -0.4 is 10.2 Å². The molecule has 1 aliphatic heterocycles.